The van der Waals surface area contributed by atoms with Crippen molar-refractivity contribution < 1.29 is 4.79 Å². The van der Waals surface area contributed by atoms with E-state index in [0.29, 0.717) is 22.4 Å². The molecule has 2 unspecified atom stereocenters. The van der Waals surface area contributed by atoms with Gasteiger partial charge >= 0.3 is 0 Å². The van der Waals surface area contributed by atoms with E-state index in [1.165, 1.54) is 11.3 Å². The SMILES string of the molecule is CNC(=O)c1sc(N2CC(C)C(C)C2)c(SC)c1N. The summed E-state index contributed by atoms with van der Waals surface area (Å²) in [5, 5.41) is 3.81. The van der Waals surface area contributed by atoms with Crippen molar-refractivity contribution in [3.63, 3.8) is 0 Å². The van der Waals surface area contributed by atoms with Gasteiger partial charge in [0, 0.05) is 20.1 Å². The third-order valence-corrected chi connectivity index (χ3v) is 6.01. The summed E-state index contributed by atoms with van der Waals surface area (Å²) in [6, 6.07) is 0. The zero-order valence-electron chi connectivity index (χ0n) is 11.8. The Morgan fingerprint density at radius 3 is 2.47 bits per heavy atom. The van der Waals surface area contributed by atoms with Gasteiger partial charge in [0.1, 0.15) is 9.88 Å². The van der Waals surface area contributed by atoms with E-state index in [9.17, 15) is 4.79 Å². The molecule has 1 saturated heterocycles. The Hall–Kier alpha value is -0.880. The Morgan fingerprint density at radius 1 is 1.42 bits per heavy atom. The van der Waals surface area contributed by atoms with Crippen LogP contribution in [0, 0.1) is 11.8 Å². The van der Waals surface area contributed by atoms with E-state index in [1.54, 1.807) is 18.8 Å². The molecule has 2 atom stereocenters. The average molecular weight is 299 g/mol. The van der Waals surface area contributed by atoms with Crippen LogP contribution in [0.3, 0.4) is 0 Å². The highest BCUT2D eigenvalue weighted by Crippen LogP contribution is 2.45. The van der Waals surface area contributed by atoms with Crippen molar-refractivity contribution in [3.8, 4) is 0 Å². The first-order chi connectivity index (χ1) is 8.99. The van der Waals surface area contributed by atoms with Gasteiger partial charge < -0.3 is 16.0 Å². The number of thioether (sulfide) groups is 1. The minimum atomic E-state index is -0.0932. The van der Waals surface area contributed by atoms with Crippen LogP contribution in [-0.4, -0.2) is 32.3 Å². The van der Waals surface area contributed by atoms with Crippen molar-refractivity contribution in [2.75, 3.05) is 37.0 Å². The van der Waals surface area contributed by atoms with Crippen LogP contribution in [0.2, 0.25) is 0 Å². The fourth-order valence-electron chi connectivity index (χ4n) is 2.40. The molecule has 2 heterocycles. The van der Waals surface area contributed by atoms with Gasteiger partial charge in [0.25, 0.3) is 5.91 Å². The number of thiophene rings is 1. The lowest BCUT2D eigenvalue weighted by atomic mass is 10.0. The van der Waals surface area contributed by atoms with Crippen molar-refractivity contribution in [2.24, 2.45) is 11.8 Å². The number of carbonyl (C=O) groups is 1. The van der Waals surface area contributed by atoms with Crippen molar-refractivity contribution in [3.05, 3.63) is 4.88 Å². The molecule has 6 heteroatoms. The number of anilines is 2. The van der Waals surface area contributed by atoms with Gasteiger partial charge in [-0.05, 0) is 18.1 Å². The van der Waals surface area contributed by atoms with E-state index >= 15 is 0 Å². The van der Waals surface area contributed by atoms with Gasteiger partial charge in [0.2, 0.25) is 0 Å². The van der Waals surface area contributed by atoms with Crippen molar-refractivity contribution >= 4 is 39.7 Å². The highest BCUT2D eigenvalue weighted by Gasteiger charge is 2.31. The van der Waals surface area contributed by atoms with E-state index in [-0.39, 0.29) is 5.91 Å². The molecule has 0 spiro atoms. The van der Waals surface area contributed by atoms with E-state index in [4.69, 9.17) is 5.73 Å². The first kappa shape index (κ1) is 14.5. The zero-order chi connectivity index (χ0) is 14.2. The second-order valence-electron chi connectivity index (χ2n) is 5.12. The molecule has 19 heavy (non-hydrogen) atoms. The summed E-state index contributed by atoms with van der Waals surface area (Å²) in [5.74, 6) is 1.27. The van der Waals surface area contributed by atoms with Crippen molar-refractivity contribution in [1.82, 2.24) is 5.32 Å². The Labute approximate surface area is 122 Å². The highest BCUT2D eigenvalue weighted by atomic mass is 32.2. The van der Waals surface area contributed by atoms with Gasteiger partial charge in [-0.15, -0.1) is 23.1 Å². The number of amides is 1. The monoisotopic (exact) mass is 299 g/mol. The van der Waals surface area contributed by atoms with Crippen molar-refractivity contribution in [2.45, 2.75) is 18.7 Å². The third kappa shape index (κ3) is 2.56. The topological polar surface area (TPSA) is 58.4 Å². The number of nitrogens with one attached hydrogen (secondary N) is 1. The predicted molar refractivity (Wildman–Crippen MR) is 84.4 cm³/mol. The number of rotatable bonds is 3. The van der Waals surface area contributed by atoms with Gasteiger partial charge in [-0.3, -0.25) is 4.79 Å². The summed E-state index contributed by atoms with van der Waals surface area (Å²) in [7, 11) is 1.64. The summed E-state index contributed by atoms with van der Waals surface area (Å²) in [6.45, 7) is 6.64. The normalized spacial score (nSPS) is 22.8. The minimum absolute atomic E-state index is 0.0932. The molecule has 106 valence electrons. The van der Waals surface area contributed by atoms with E-state index in [0.717, 1.165) is 23.0 Å². The van der Waals surface area contributed by atoms with Crippen LogP contribution < -0.4 is 16.0 Å². The van der Waals surface area contributed by atoms with Gasteiger partial charge in [-0.1, -0.05) is 13.8 Å². The summed E-state index contributed by atoms with van der Waals surface area (Å²) in [5.41, 5.74) is 6.75. The molecule has 3 N–H and O–H groups in total. The minimum Gasteiger partial charge on any atom is -0.396 e. The first-order valence-electron chi connectivity index (χ1n) is 6.42. The van der Waals surface area contributed by atoms with Crippen LogP contribution in [0.1, 0.15) is 23.5 Å². The molecule has 1 aliphatic heterocycles. The smallest absolute Gasteiger partial charge is 0.263 e. The van der Waals surface area contributed by atoms with Gasteiger partial charge in [-0.2, -0.15) is 0 Å². The molecule has 0 aromatic carbocycles. The van der Waals surface area contributed by atoms with Crippen LogP contribution >= 0.6 is 23.1 Å². The predicted octanol–water partition coefficient (Wildman–Crippen LogP) is 2.50. The molecular formula is C13H21N3OS2. The van der Waals surface area contributed by atoms with Crippen molar-refractivity contribution in [1.29, 1.82) is 0 Å². The second-order valence-corrected chi connectivity index (χ2v) is 6.94. The van der Waals surface area contributed by atoms with E-state index in [1.807, 2.05) is 6.26 Å². The molecule has 0 aliphatic carbocycles. The number of nitrogens with zero attached hydrogens (tertiary/aromatic N) is 1. The van der Waals surface area contributed by atoms with Crippen LogP contribution in [-0.2, 0) is 0 Å². The Morgan fingerprint density at radius 2 is 2.00 bits per heavy atom. The molecule has 1 fully saturated rings. The summed E-state index contributed by atoms with van der Waals surface area (Å²) in [4.78, 5) is 15.9. The quantitative estimate of drug-likeness (QED) is 0.842. The molecule has 0 bridgehead atoms. The lowest BCUT2D eigenvalue weighted by molar-refractivity contribution is 0.0968. The fourth-order valence-corrected chi connectivity index (χ4v) is 4.55. The number of nitrogen functional groups attached to an aromatic ring is 1. The molecule has 1 amide bonds. The molecule has 0 radical (unpaired) electrons. The number of carbonyl (C=O) groups excluding carboxylic acids is 1. The van der Waals surface area contributed by atoms with Crippen LogP contribution in [0.25, 0.3) is 0 Å². The Kier molecular flexibility index (Phi) is 4.30. The molecule has 2 rings (SSSR count). The maximum absolute atomic E-state index is 11.9. The maximum Gasteiger partial charge on any atom is 0.263 e. The summed E-state index contributed by atoms with van der Waals surface area (Å²) >= 11 is 3.14. The molecule has 1 aromatic rings. The molecule has 4 nitrogen and oxygen atoms in total. The van der Waals surface area contributed by atoms with E-state index in [2.05, 4.69) is 24.1 Å². The standard InChI is InChI=1S/C13H21N3OS2/c1-7-5-16(6-8(7)2)13-11(18-4)9(14)10(19-13)12(17)15-3/h7-8H,5-6,14H2,1-4H3,(H,15,17). The summed E-state index contributed by atoms with van der Waals surface area (Å²) in [6.07, 6.45) is 2.01. The lowest BCUT2D eigenvalue weighted by Gasteiger charge is -2.17. The Bertz CT molecular complexity index is 476. The Balaban J connectivity index is 2.38. The van der Waals surface area contributed by atoms with Crippen LogP contribution in [0.4, 0.5) is 10.7 Å². The summed E-state index contributed by atoms with van der Waals surface area (Å²) < 4.78 is 0. The van der Waals surface area contributed by atoms with Gasteiger partial charge in [-0.25, -0.2) is 0 Å². The number of hydrogen-bond donors (Lipinski definition) is 2. The molecular weight excluding hydrogens is 278 g/mol. The lowest BCUT2D eigenvalue weighted by Crippen LogP contribution is -2.19. The fraction of sp³-hybridized carbons (Fsp3) is 0.615. The highest BCUT2D eigenvalue weighted by molar-refractivity contribution is 7.99. The van der Waals surface area contributed by atoms with Crippen LogP contribution in [0.15, 0.2) is 4.90 Å². The maximum atomic E-state index is 11.9. The molecule has 0 saturated carbocycles. The number of hydrogen-bond acceptors (Lipinski definition) is 5. The van der Waals surface area contributed by atoms with Gasteiger partial charge in [0.15, 0.2) is 0 Å². The average Bonchev–Trinajstić information content (AvgIpc) is 2.89. The number of nitrogens with two attached hydrogens (primary N) is 1. The first-order valence-corrected chi connectivity index (χ1v) is 8.47. The molecule has 1 aromatic heterocycles. The third-order valence-electron chi connectivity index (χ3n) is 3.80. The second kappa shape index (κ2) is 5.63. The largest absolute Gasteiger partial charge is 0.396 e. The van der Waals surface area contributed by atoms with Gasteiger partial charge in [0.05, 0.1) is 10.6 Å². The molecule has 1 aliphatic rings. The van der Waals surface area contributed by atoms with Crippen LogP contribution in [0.5, 0.6) is 0 Å². The van der Waals surface area contributed by atoms with E-state index < -0.39 is 0 Å². The zero-order valence-corrected chi connectivity index (χ0v) is 13.5.